The molecule has 4 heterocycles. The van der Waals surface area contributed by atoms with Crippen LogP contribution in [0.3, 0.4) is 0 Å². The topological polar surface area (TPSA) is 75.2 Å². The number of nitrogens with one attached hydrogen (secondary N) is 2. The molecule has 104 valence electrons. The number of fused-ring (bicyclic) bond motifs is 4. The monoisotopic (exact) mass is 278 g/mol. The second-order valence-electron chi connectivity index (χ2n) is 5.65. The number of imidazole rings is 1. The van der Waals surface area contributed by atoms with Crippen LogP contribution in [-0.2, 0) is 12.8 Å². The van der Waals surface area contributed by atoms with Crippen molar-refractivity contribution in [2.75, 3.05) is 0 Å². The van der Waals surface area contributed by atoms with Crippen LogP contribution in [0.4, 0.5) is 0 Å². The van der Waals surface area contributed by atoms with E-state index in [0.29, 0.717) is 6.04 Å². The lowest BCUT2D eigenvalue weighted by atomic mass is 9.93. The van der Waals surface area contributed by atoms with Crippen LogP contribution < -0.4 is 0 Å². The van der Waals surface area contributed by atoms with E-state index in [1.165, 1.54) is 16.8 Å². The van der Waals surface area contributed by atoms with E-state index in [9.17, 15) is 0 Å². The minimum Gasteiger partial charge on any atom is -0.346 e. The normalized spacial score (nSPS) is 18.4. The second-order valence-corrected chi connectivity index (χ2v) is 5.65. The van der Waals surface area contributed by atoms with Gasteiger partial charge in [-0.2, -0.15) is 5.10 Å². The lowest BCUT2D eigenvalue weighted by Gasteiger charge is -2.23. The molecule has 4 aromatic rings. The Kier molecular flexibility index (Phi) is 2.08. The van der Waals surface area contributed by atoms with E-state index in [1.54, 1.807) is 0 Å². The average Bonchev–Trinajstić information content (AvgIpc) is 3.23. The van der Waals surface area contributed by atoms with Crippen molar-refractivity contribution in [2.45, 2.75) is 25.3 Å². The fourth-order valence-corrected chi connectivity index (χ4v) is 3.44. The third-order valence-electron chi connectivity index (χ3n) is 4.51. The van der Waals surface area contributed by atoms with Crippen LogP contribution in [0.1, 0.15) is 23.7 Å². The van der Waals surface area contributed by atoms with Crippen LogP contribution in [0.2, 0.25) is 0 Å². The maximum atomic E-state index is 4.53. The highest BCUT2D eigenvalue weighted by Crippen LogP contribution is 2.32. The van der Waals surface area contributed by atoms with Crippen molar-refractivity contribution >= 4 is 22.1 Å². The molecule has 21 heavy (non-hydrogen) atoms. The predicted octanol–water partition coefficient (Wildman–Crippen LogP) is 2.37. The maximum Gasteiger partial charge on any atom is 0.139 e. The number of aromatic nitrogens is 6. The Morgan fingerprint density at radius 1 is 1.24 bits per heavy atom. The van der Waals surface area contributed by atoms with Gasteiger partial charge in [-0.05, 0) is 24.5 Å². The van der Waals surface area contributed by atoms with Crippen molar-refractivity contribution in [1.82, 2.24) is 29.7 Å². The van der Waals surface area contributed by atoms with Crippen LogP contribution in [0.25, 0.3) is 22.1 Å². The molecule has 0 amide bonds. The molecule has 6 nitrogen and oxygen atoms in total. The Morgan fingerprint density at radius 3 is 3.24 bits per heavy atom. The number of nitrogens with zero attached hydrogens (tertiary/aromatic N) is 4. The summed E-state index contributed by atoms with van der Waals surface area (Å²) in [7, 11) is 0. The van der Waals surface area contributed by atoms with Gasteiger partial charge in [-0.1, -0.05) is 0 Å². The van der Waals surface area contributed by atoms with Gasteiger partial charge in [0.1, 0.15) is 11.2 Å². The van der Waals surface area contributed by atoms with Gasteiger partial charge in [0.05, 0.1) is 24.2 Å². The molecule has 1 aliphatic carbocycles. The number of rotatable bonds is 1. The van der Waals surface area contributed by atoms with Gasteiger partial charge in [-0.15, -0.1) is 0 Å². The molecular formula is C15H14N6. The lowest BCUT2D eigenvalue weighted by Crippen LogP contribution is -2.17. The molecule has 0 aliphatic heterocycles. The summed E-state index contributed by atoms with van der Waals surface area (Å²) in [6.07, 6.45) is 10.8. The standard InChI is InChI=1S/C15H14N6/c1-2-10(5-12-9(1)6-19-20-12)21-8-18-13-7-17-15-11(14(13)21)3-4-16-15/h3-4,6-8,10H,1-2,5H2,(H,16,17)(H,19,20). The van der Waals surface area contributed by atoms with E-state index >= 15 is 0 Å². The van der Waals surface area contributed by atoms with E-state index in [4.69, 9.17) is 0 Å². The van der Waals surface area contributed by atoms with Crippen molar-refractivity contribution in [1.29, 1.82) is 0 Å². The number of H-pyrrole nitrogens is 2. The van der Waals surface area contributed by atoms with Gasteiger partial charge in [-0.3, -0.25) is 5.10 Å². The summed E-state index contributed by atoms with van der Waals surface area (Å²) in [4.78, 5) is 12.1. The summed E-state index contributed by atoms with van der Waals surface area (Å²) in [5.41, 5.74) is 5.66. The molecule has 0 saturated heterocycles. The van der Waals surface area contributed by atoms with Crippen molar-refractivity contribution in [2.24, 2.45) is 0 Å². The molecule has 4 aromatic heterocycles. The summed E-state index contributed by atoms with van der Waals surface area (Å²) in [5.74, 6) is 0. The number of aryl methyl sites for hydroxylation is 1. The fraction of sp³-hybridized carbons (Fsp3) is 0.267. The molecule has 1 atom stereocenters. The summed E-state index contributed by atoms with van der Waals surface area (Å²) >= 11 is 0. The highest BCUT2D eigenvalue weighted by atomic mass is 15.1. The van der Waals surface area contributed by atoms with Gasteiger partial charge < -0.3 is 9.55 Å². The van der Waals surface area contributed by atoms with Gasteiger partial charge in [0, 0.05) is 29.7 Å². The number of aromatic amines is 2. The number of hydrogen-bond acceptors (Lipinski definition) is 3. The van der Waals surface area contributed by atoms with E-state index in [-0.39, 0.29) is 0 Å². The second kappa shape index (κ2) is 3.94. The van der Waals surface area contributed by atoms with Crippen molar-refractivity contribution < 1.29 is 0 Å². The van der Waals surface area contributed by atoms with Gasteiger partial charge in [0.2, 0.25) is 0 Å². The Balaban J connectivity index is 1.69. The van der Waals surface area contributed by atoms with Crippen molar-refractivity contribution in [3.63, 3.8) is 0 Å². The lowest BCUT2D eigenvalue weighted by molar-refractivity contribution is 0.448. The molecule has 0 bridgehead atoms. The van der Waals surface area contributed by atoms with E-state index in [2.05, 4.69) is 35.8 Å². The number of hydrogen-bond donors (Lipinski definition) is 2. The SMILES string of the molecule is c1cc2c(ncc3ncn(C4CCc5cn[nH]c5C4)c32)[nH]1. The van der Waals surface area contributed by atoms with E-state index in [1.807, 2.05) is 24.9 Å². The first kappa shape index (κ1) is 11.1. The third-order valence-corrected chi connectivity index (χ3v) is 4.51. The molecule has 0 radical (unpaired) electrons. The molecule has 0 fully saturated rings. The first-order valence-corrected chi connectivity index (χ1v) is 7.20. The van der Waals surface area contributed by atoms with Gasteiger partial charge in [-0.25, -0.2) is 9.97 Å². The molecule has 0 spiro atoms. The average molecular weight is 278 g/mol. The summed E-state index contributed by atoms with van der Waals surface area (Å²) in [6.45, 7) is 0. The fourth-order valence-electron chi connectivity index (χ4n) is 3.44. The molecule has 5 rings (SSSR count). The minimum absolute atomic E-state index is 0.420. The largest absolute Gasteiger partial charge is 0.346 e. The molecule has 0 saturated carbocycles. The number of pyridine rings is 1. The van der Waals surface area contributed by atoms with Crippen LogP contribution in [0, 0.1) is 0 Å². The van der Waals surface area contributed by atoms with E-state index < -0.39 is 0 Å². The minimum atomic E-state index is 0.420. The highest BCUT2D eigenvalue weighted by molar-refractivity contribution is 6.00. The zero-order valence-corrected chi connectivity index (χ0v) is 11.4. The molecule has 1 aliphatic rings. The Bertz CT molecular complexity index is 943. The van der Waals surface area contributed by atoms with Crippen LogP contribution in [0.5, 0.6) is 0 Å². The molecular weight excluding hydrogens is 264 g/mol. The molecule has 2 N–H and O–H groups in total. The van der Waals surface area contributed by atoms with Gasteiger partial charge in [0.15, 0.2) is 0 Å². The van der Waals surface area contributed by atoms with Gasteiger partial charge >= 0.3 is 0 Å². The smallest absolute Gasteiger partial charge is 0.139 e. The van der Waals surface area contributed by atoms with Crippen LogP contribution in [0.15, 0.2) is 31.0 Å². The summed E-state index contributed by atoms with van der Waals surface area (Å²) in [6, 6.07) is 2.50. The maximum absolute atomic E-state index is 4.53. The van der Waals surface area contributed by atoms with Crippen molar-refractivity contribution in [3.05, 3.63) is 42.2 Å². The third kappa shape index (κ3) is 1.50. The molecule has 1 unspecified atom stereocenters. The van der Waals surface area contributed by atoms with Gasteiger partial charge in [0.25, 0.3) is 0 Å². The summed E-state index contributed by atoms with van der Waals surface area (Å²) < 4.78 is 2.30. The Labute approximate surface area is 120 Å². The molecule has 6 heteroatoms. The van der Waals surface area contributed by atoms with Crippen molar-refractivity contribution in [3.8, 4) is 0 Å². The predicted molar refractivity (Wildman–Crippen MR) is 79.0 cm³/mol. The van der Waals surface area contributed by atoms with Crippen LogP contribution >= 0.6 is 0 Å². The first-order valence-electron chi connectivity index (χ1n) is 7.20. The Morgan fingerprint density at radius 2 is 2.24 bits per heavy atom. The Hall–Kier alpha value is -2.63. The highest BCUT2D eigenvalue weighted by Gasteiger charge is 2.23. The zero-order chi connectivity index (χ0) is 13.8. The first-order chi connectivity index (χ1) is 10.4. The summed E-state index contributed by atoms with van der Waals surface area (Å²) in [5, 5.41) is 8.43. The van der Waals surface area contributed by atoms with E-state index in [0.717, 1.165) is 35.8 Å². The molecule has 0 aromatic carbocycles. The van der Waals surface area contributed by atoms with Crippen LogP contribution in [-0.4, -0.2) is 29.7 Å². The zero-order valence-electron chi connectivity index (χ0n) is 11.4. The quantitative estimate of drug-likeness (QED) is 0.561.